The number of unbranched alkanes of at least 4 members (excludes halogenated alkanes) is 23. The summed E-state index contributed by atoms with van der Waals surface area (Å²) in [6, 6.07) is 0. The molecule has 8 heteroatoms. The molecule has 0 aromatic carbocycles. The molecule has 1 aliphatic heterocycles. The minimum atomic E-state index is -1.68. The van der Waals surface area contributed by atoms with Crippen LogP contribution in [-0.4, -0.2) is 80.8 Å². The van der Waals surface area contributed by atoms with Crippen molar-refractivity contribution in [1.29, 1.82) is 0 Å². The normalized spacial score (nSPS) is 21.7. The van der Waals surface area contributed by atoms with Crippen molar-refractivity contribution in [3.8, 4) is 0 Å². The van der Waals surface area contributed by atoms with Crippen LogP contribution in [0.3, 0.4) is 0 Å². The predicted molar refractivity (Wildman–Crippen MR) is 182 cm³/mol. The van der Waals surface area contributed by atoms with Gasteiger partial charge < -0.3 is 25.2 Å². The van der Waals surface area contributed by atoms with Gasteiger partial charge in [0.1, 0.15) is 24.4 Å². The van der Waals surface area contributed by atoms with Crippen LogP contribution in [-0.2, 0) is 14.3 Å². The molecule has 4 N–H and O–H groups in total. The van der Waals surface area contributed by atoms with Crippen LogP contribution in [0, 0.1) is 0 Å². The zero-order valence-corrected chi connectivity index (χ0v) is 29.1. The van der Waals surface area contributed by atoms with E-state index in [-0.39, 0.29) is 18.9 Å². The van der Waals surface area contributed by atoms with Crippen LogP contribution in [0.1, 0.15) is 181 Å². The fraction of sp³-hybridized carbons (Fsp3) is 0.946. The van der Waals surface area contributed by atoms with E-state index in [2.05, 4.69) is 13.8 Å². The molecule has 266 valence electrons. The van der Waals surface area contributed by atoms with Gasteiger partial charge in [-0.15, -0.1) is 0 Å². The highest BCUT2D eigenvalue weighted by atomic mass is 16.5. The molecule has 1 heterocycles. The van der Waals surface area contributed by atoms with E-state index < -0.39 is 43.0 Å². The van der Waals surface area contributed by atoms with Crippen molar-refractivity contribution in [3.05, 3.63) is 0 Å². The maximum Gasteiger partial charge on any atom is 0.261 e. The van der Waals surface area contributed by atoms with E-state index in [9.17, 15) is 30.0 Å². The van der Waals surface area contributed by atoms with Crippen LogP contribution in [0.15, 0.2) is 0 Å². The smallest absolute Gasteiger partial charge is 0.261 e. The third kappa shape index (κ3) is 18.8. The van der Waals surface area contributed by atoms with E-state index >= 15 is 0 Å². The van der Waals surface area contributed by atoms with Gasteiger partial charge in [0.25, 0.3) is 5.91 Å². The lowest BCUT2D eigenvalue weighted by molar-refractivity contribution is -0.230. The number of hydrogen-bond donors (Lipinski definition) is 4. The zero-order chi connectivity index (χ0) is 33.1. The van der Waals surface area contributed by atoms with Crippen LogP contribution in [0.5, 0.6) is 0 Å². The number of ether oxygens (including phenoxy) is 1. The Balaban J connectivity index is 2.41. The van der Waals surface area contributed by atoms with E-state index in [1.54, 1.807) is 0 Å². The predicted octanol–water partition coefficient (Wildman–Crippen LogP) is 7.37. The van der Waals surface area contributed by atoms with Crippen molar-refractivity contribution in [2.24, 2.45) is 0 Å². The lowest BCUT2D eigenvalue weighted by Gasteiger charge is -2.40. The number of nitrogens with zero attached hydrogens (tertiary/aromatic N) is 1. The van der Waals surface area contributed by atoms with Gasteiger partial charge in [-0.05, 0) is 12.8 Å². The highest BCUT2D eigenvalue weighted by Crippen LogP contribution is 2.24. The fourth-order valence-electron chi connectivity index (χ4n) is 6.36. The van der Waals surface area contributed by atoms with Gasteiger partial charge in [0, 0.05) is 13.0 Å². The fourth-order valence-corrected chi connectivity index (χ4v) is 6.36. The number of aliphatic hydroxyl groups excluding tert-OH is 4. The topological polar surface area (TPSA) is 128 Å². The standard InChI is InChI=1S/C37H71NO7/c1-3-5-7-9-11-13-14-15-16-17-18-19-21-23-25-27-29-38(32(40)28-26-24-22-20-12-10-8-6-4-2)37(44)36-35(43)34(42)33(41)31(30-39)45-36/h31,33-36,39,41-43H,3-30H2,1-2H3/t31-,33-,34+,35-,36-/m1/s1. The summed E-state index contributed by atoms with van der Waals surface area (Å²) in [4.78, 5) is 27.9. The number of carbonyl (C=O) groups excluding carboxylic acids is 2. The van der Waals surface area contributed by atoms with Crippen molar-refractivity contribution < 1.29 is 34.8 Å². The summed E-state index contributed by atoms with van der Waals surface area (Å²) in [6.07, 6.45) is 22.6. The Morgan fingerprint density at radius 2 is 0.911 bits per heavy atom. The van der Waals surface area contributed by atoms with Gasteiger partial charge in [-0.2, -0.15) is 0 Å². The summed E-state index contributed by atoms with van der Waals surface area (Å²) < 4.78 is 5.50. The molecule has 0 unspecified atom stereocenters. The largest absolute Gasteiger partial charge is 0.394 e. The molecule has 0 aromatic rings. The van der Waals surface area contributed by atoms with E-state index in [1.807, 2.05) is 0 Å². The molecular formula is C37H71NO7. The molecule has 1 saturated heterocycles. The third-order valence-corrected chi connectivity index (χ3v) is 9.43. The quantitative estimate of drug-likeness (QED) is 0.0628. The van der Waals surface area contributed by atoms with Crippen molar-refractivity contribution in [2.45, 2.75) is 211 Å². The highest BCUT2D eigenvalue weighted by molar-refractivity contribution is 5.97. The third-order valence-electron chi connectivity index (χ3n) is 9.43. The Morgan fingerprint density at radius 1 is 0.533 bits per heavy atom. The Kier molecular flexibility index (Phi) is 26.1. The maximum absolute atomic E-state index is 13.5. The Morgan fingerprint density at radius 3 is 1.31 bits per heavy atom. The number of hydrogen-bond acceptors (Lipinski definition) is 7. The molecule has 1 rings (SSSR count). The zero-order valence-electron chi connectivity index (χ0n) is 29.1. The summed E-state index contributed by atoms with van der Waals surface area (Å²) in [5, 5.41) is 40.4. The minimum Gasteiger partial charge on any atom is -0.394 e. The molecule has 0 aliphatic carbocycles. The molecule has 0 aromatic heterocycles. The molecule has 1 aliphatic rings. The van der Waals surface area contributed by atoms with Gasteiger partial charge >= 0.3 is 0 Å². The molecule has 0 spiro atoms. The average molecular weight is 642 g/mol. The first kappa shape index (κ1) is 42.0. The summed E-state index contributed by atoms with van der Waals surface area (Å²) in [7, 11) is 0. The van der Waals surface area contributed by atoms with E-state index in [1.165, 1.54) is 114 Å². The van der Waals surface area contributed by atoms with Crippen molar-refractivity contribution in [1.82, 2.24) is 4.90 Å². The molecular weight excluding hydrogens is 570 g/mol. The van der Waals surface area contributed by atoms with Crippen LogP contribution >= 0.6 is 0 Å². The monoisotopic (exact) mass is 642 g/mol. The molecule has 45 heavy (non-hydrogen) atoms. The average Bonchev–Trinajstić information content (AvgIpc) is 3.04. The van der Waals surface area contributed by atoms with E-state index in [0.29, 0.717) is 12.8 Å². The van der Waals surface area contributed by atoms with Gasteiger partial charge in [0.2, 0.25) is 5.91 Å². The second-order valence-corrected chi connectivity index (χ2v) is 13.5. The van der Waals surface area contributed by atoms with Gasteiger partial charge in [-0.1, -0.05) is 162 Å². The van der Waals surface area contributed by atoms with E-state index in [0.717, 1.165) is 38.5 Å². The number of rotatable bonds is 29. The lowest BCUT2D eigenvalue weighted by atomic mass is 9.94. The molecule has 1 fully saturated rings. The molecule has 0 radical (unpaired) electrons. The summed E-state index contributed by atoms with van der Waals surface area (Å²) in [6.45, 7) is 4.10. The number of amides is 2. The molecule has 5 atom stereocenters. The molecule has 0 bridgehead atoms. The Bertz CT molecular complexity index is 719. The first-order valence-corrected chi connectivity index (χ1v) is 19.0. The summed E-state index contributed by atoms with van der Waals surface area (Å²) in [5.41, 5.74) is 0. The second-order valence-electron chi connectivity index (χ2n) is 13.5. The Labute approximate surface area is 275 Å². The van der Waals surface area contributed by atoms with Crippen LogP contribution < -0.4 is 0 Å². The van der Waals surface area contributed by atoms with Gasteiger partial charge in [0.15, 0.2) is 6.10 Å². The maximum atomic E-state index is 13.5. The molecule has 0 saturated carbocycles. The highest BCUT2D eigenvalue weighted by Gasteiger charge is 2.48. The number of imide groups is 1. The number of aliphatic hydroxyl groups is 4. The first-order chi connectivity index (χ1) is 21.9. The first-order valence-electron chi connectivity index (χ1n) is 19.0. The van der Waals surface area contributed by atoms with E-state index in [4.69, 9.17) is 4.74 Å². The Hall–Kier alpha value is -1.06. The van der Waals surface area contributed by atoms with Gasteiger partial charge in [0.05, 0.1) is 6.61 Å². The van der Waals surface area contributed by atoms with Crippen molar-refractivity contribution in [3.63, 3.8) is 0 Å². The minimum absolute atomic E-state index is 0.239. The molecule has 2 amide bonds. The summed E-state index contributed by atoms with van der Waals surface area (Å²) in [5.74, 6) is -0.991. The molecule has 8 nitrogen and oxygen atoms in total. The van der Waals surface area contributed by atoms with Gasteiger partial charge in [-0.3, -0.25) is 14.5 Å². The van der Waals surface area contributed by atoms with Gasteiger partial charge in [-0.25, -0.2) is 0 Å². The number of carbonyl (C=O) groups is 2. The van der Waals surface area contributed by atoms with Crippen molar-refractivity contribution in [2.75, 3.05) is 13.2 Å². The van der Waals surface area contributed by atoms with Crippen LogP contribution in [0.25, 0.3) is 0 Å². The SMILES string of the molecule is CCCCCCCCCCCCCCCCCCN(C(=O)CCCCCCCCCCC)C(=O)[C@@H]1O[C@H](CO)[C@@H](O)[C@H](O)[C@H]1O. The second kappa shape index (κ2) is 28.0. The van der Waals surface area contributed by atoms with Crippen LogP contribution in [0.4, 0.5) is 0 Å². The lowest BCUT2D eigenvalue weighted by Crippen LogP contribution is -2.63. The van der Waals surface area contributed by atoms with Crippen molar-refractivity contribution >= 4 is 11.8 Å². The van der Waals surface area contributed by atoms with Crippen LogP contribution in [0.2, 0.25) is 0 Å². The summed E-state index contributed by atoms with van der Waals surface area (Å²) >= 11 is 0.